The molecule has 0 aromatic carbocycles. The zero-order chi connectivity index (χ0) is 16.9. The predicted octanol–water partition coefficient (Wildman–Crippen LogP) is 2.18. The number of aliphatic hydroxyl groups excluding tert-OH is 3. The molecular formula is C18H34O5. The van der Waals surface area contributed by atoms with Gasteiger partial charge in [0.15, 0.2) is 0 Å². The molecule has 0 bridgehead atoms. The fourth-order valence-corrected chi connectivity index (χ4v) is 2.90. The fraction of sp³-hybridized carbons (Fsp3) is 0.889. The van der Waals surface area contributed by atoms with E-state index in [2.05, 4.69) is 6.58 Å². The van der Waals surface area contributed by atoms with Gasteiger partial charge in [-0.25, -0.2) is 0 Å². The number of rotatable bonds is 13. The minimum absolute atomic E-state index is 0.0960. The van der Waals surface area contributed by atoms with Crippen molar-refractivity contribution in [2.75, 3.05) is 19.8 Å². The van der Waals surface area contributed by atoms with Gasteiger partial charge in [0.25, 0.3) is 0 Å². The van der Waals surface area contributed by atoms with Gasteiger partial charge < -0.3 is 24.8 Å². The Morgan fingerprint density at radius 2 is 1.61 bits per heavy atom. The highest BCUT2D eigenvalue weighted by Crippen LogP contribution is 2.19. The van der Waals surface area contributed by atoms with Crippen LogP contribution in [0, 0.1) is 0 Å². The number of allylic oxidation sites excluding steroid dienone is 1. The average molecular weight is 330 g/mol. The van der Waals surface area contributed by atoms with E-state index in [9.17, 15) is 10.2 Å². The van der Waals surface area contributed by atoms with Crippen LogP contribution in [0.5, 0.6) is 0 Å². The van der Waals surface area contributed by atoms with E-state index in [0.29, 0.717) is 6.61 Å². The fourth-order valence-electron chi connectivity index (χ4n) is 2.90. The van der Waals surface area contributed by atoms with Crippen molar-refractivity contribution >= 4 is 0 Å². The van der Waals surface area contributed by atoms with Gasteiger partial charge in [-0.3, -0.25) is 0 Å². The largest absolute Gasteiger partial charge is 0.394 e. The second-order valence-electron chi connectivity index (χ2n) is 6.35. The van der Waals surface area contributed by atoms with Crippen LogP contribution in [0.1, 0.15) is 57.8 Å². The average Bonchev–Trinajstić information content (AvgIpc) is 2.55. The standard InChI is InChI=1S/C18H34O5/c1-2-3-4-5-6-7-8-9-10-11-12-22-18-15(20)14-23-16(13-19)17(18)21/h2,15-21H,1,3-14H2/t15-,16+,17+,18+/m0/s1. The molecule has 0 aromatic heterocycles. The molecule has 136 valence electrons. The van der Waals surface area contributed by atoms with Gasteiger partial charge >= 0.3 is 0 Å². The Hall–Kier alpha value is -0.460. The molecule has 0 aliphatic carbocycles. The first kappa shape index (κ1) is 20.6. The van der Waals surface area contributed by atoms with Crippen LogP contribution in [0.4, 0.5) is 0 Å². The topological polar surface area (TPSA) is 79.2 Å². The number of hydrogen-bond donors (Lipinski definition) is 3. The van der Waals surface area contributed by atoms with Crippen molar-refractivity contribution in [3.05, 3.63) is 12.7 Å². The van der Waals surface area contributed by atoms with E-state index in [1.54, 1.807) is 0 Å². The van der Waals surface area contributed by atoms with Crippen LogP contribution in [0.25, 0.3) is 0 Å². The lowest BCUT2D eigenvalue weighted by Crippen LogP contribution is -2.55. The van der Waals surface area contributed by atoms with E-state index >= 15 is 0 Å². The van der Waals surface area contributed by atoms with Crippen molar-refractivity contribution in [3.63, 3.8) is 0 Å². The van der Waals surface area contributed by atoms with Crippen LogP contribution in [0.3, 0.4) is 0 Å². The van der Waals surface area contributed by atoms with Crippen LogP contribution in [0.15, 0.2) is 12.7 Å². The zero-order valence-electron chi connectivity index (χ0n) is 14.2. The van der Waals surface area contributed by atoms with Crippen molar-refractivity contribution < 1.29 is 24.8 Å². The van der Waals surface area contributed by atoms with E-state index in [0.717, 1.165) is 19.3 Å². The molecule has 1 heterocycles. The van der Waals surface area contributed by atoms with Crippen molar-refractivity contribution in [2.45, 2.75) is 82.2 Å². The van der Waals surface area contributed by atoms with E-state index in [1.807, 2.05) is 6.08 Å². The minimum atomic E-state index is -0.973. The maximum Gasteiger partial charge on any atom is 0.114 e. The Labute approximate surface area is 140 Å². The summed E-state index contributed by atoms with van der Waals surface area (Å²) in [6.07, 6.45) is 9.59. The maximum atomic E-state index is 9.98. The first-order chi connectivity index (χ1) is 11.2. The summed E-state index contributed by atoms with van der Waals surface area (Å²) in [5.74, 6) is 0. The highest BCUT2D eigenvalue weighted by molar-refractivity contribution is 4.87. The molecule has 0 unspecified atom stereocenters. The molecular weight excluding hydrogens is 296 g/mol. The van der Waals surface area contributed by atoms with Crippen molar-refractivity contribution in [1.82, 2.24) is 0 Å². The second kappa shape index (κ2) is 12.9. The first-order valence-electron chi connectivity index (χ1n) is 9.01. The lowest BCUT2D eigenvalue weighted by molar-refractivity contribution is -0.210. The normalized spacial score (nSPS) is 28.0. The summed E-state index contributed by atoms with van der Waals surface area (Å²) in [7, 11) is 0. The molecule has 0 aromatic rings. The summed E-state index contributed by atoms with van der Waals surface area (Å²) in [6, 6.07) is 0. The van der Waals surface area contributed by atoms with Crippen molar-refractivity contribution in [3.8, 4) is 0 Å². The summed E-state index contributed by atoms with van der Waals surface area (Å²) in [6.45, 7) is 4.08. The smallest absolute Gasteiger partial charge is 0.114 e. The highest BCUT2D eigenvalue weighted by Gasteiger charge is 2.38. The number of unbranched alkanes of at least 4 members (excludes halogenated alkanes) is 8. The molecule has 1 aliphatic heterocycles. The second-order valence-corrected chi connectivity index (χ2v) is 6.35. The third-order valence-corrected chi connectivity index (χ3v) is 4.37. The highest BCUT2D eigenvalue weighted by atomic mass is 16.6. The van der Waals surface area contributed by atoms with E-state index in [1.165, 1.54) is 38.5 Å². The SMILES string of the molecule is C=CCCCCCCCCCCO[C@H]1[C@H](O)[C@@H](CO)OC[C@@H]1O. The van der Waals surface area contributed by atoms with Gasteiger partial charge in [-0.15, -0.1) is 6.58 Å². The molecule has 23 heavy (non-hydrogen) atoms. The number of hydrogen-bond acceptors (Lipinski definition) is 5. The van der Waals surface area contributed by atoms with Crippen LogP contribution in [-0.2, 0) is 9.47 Å². The van der Waals surface area contributed by atoms with Gasteiger partial charge in [-0.05, 0) is 19.3 Å². The monoisotopic (exact) mass is 330 g/mol. The van der Waals surface area contributed by atoms with Crippen molar-refractivity contribution in [1.29, 1.82) is 0 Å². The summed E-state index contributed by atoms with van der Waals surface area (Å²) in [4.78, 5) is 0. The quantitative estimate of drug-likeness (QED) is 0.356. The Balaban J connectivity index is 1.98. The molecule has 0 amide bonds. The molecule has 5 nitrogen and oxygen atoms in total. The molecule has 4 atom stereocenters. The lowest BCUT2D eigenvalue weighted by atomic mass is 10.0. The van der Waals surface area contributed by atoms with Crippen LogP contribution in [0.2, 0.25) is 0 Å². The summed E-state index contributed by atoms with van der Waals surface area (Å²) in [5, 5.41) is 28.9. The molecule has 0 spiro atoms. The third kappa shape index (κ3) is 8.27. The van der Waals surface area contributed by atoms with Gasteiger partial charge in [-0.2, -0.15) is 0 Å². The van der Waals surface area contributed by atoms with Gasteiger partial charge in [0, 0.05) is 6.61 Å². The van der Waals surface area contributed by atoms with E-state index in [4.69, 9.17) is 14.6 Å². The molecule has 5 heteroatoms. The van der Waals surface area contributed by atoms with Gasteiger partial charge in [0.1, 0.15) is 24.4 Å². The Morgan fingerprint density at radius 3 is 2.22 bits per heavy atom. The number of aliphatic hydroxyl groups is 3. The lowest BCUT2D eigenvalue weighted by Gasteiger charge is -2.37. The Morgan fingerprint density at radius 1 is 1.00 bits per heavy atom. The summed E-state index contributed by atoms with van der Waals surface area (Å²) < 4.78 is 10.8. The van der Waals surface area contributed by atoms with Crippen LogP contribution in [-0.4, -0.2) is 59.6 Å². The van der Waals surface area contributed by atoms with Gasteiger partial charge in [0.05, 0.1) is 13.2 Å². The summed E-state index contributed by atoms with van der Waals surface area (Å²) >= 11 is 0. The Bertz CT molecular complexity index is 297. The number of ether oxygens (including phenoxy) is 2. The zero-order valence-corrected chi connectivity index (χ0v) is 14.2. The third-order valence-electron chi connectivity index (χ3n) is 4.37. The predicted molar refractivity (Wildman–Crippen MR) is 90.3 cm³/mol. The maximum absolute atomic E-state index is 9.98. The molecule has 1 saturated heterocycles. The molecule has 0 saturated carbocycles. The van der Waals surface area contributed by atoms with Crippen molar-refractivity contribution in [2.24, 2.45) is 0 Å². The molecule has 1 aliphatic rings. The molecule has 0 radical (unpaired) electrons. The van der Waals surface area contributed by atoms with Crippen LogP contribution >= 0.6 is 0 Å². The molecule has 3 N–H and O–H groups in total. The Kier molecular flexibility index (Phi) is 11.5. The molecule has 1 rings (SSSR count). The van der Waals surface area contributed by atoms with Crippen LogP contribution < -0.4 is 0 Å². The van der Waals surface area contributed by atoms with E-state index < -0.39 is 24.4 Å². The van der Waals surface area contributed by atoms with E-state index in [-0.39, 0.29) is 13.2 Å². The van der Waals surface area contributed by atoms with Gasteiger partial charge in [-0.1, -0.05) is 44.6 Å². The van der Waals surface area contributed by atoms with Gasteiger partial charge in [0.2, 0.25) is 0 Å². The minimum Gasteiger partial charge on any atom is -0.394 e. The molecule has 1 fully saturated rings. The first-order valence-corrected chi connectivity index (χ1v) is 9.01. The summed E-state index contributed by atoms with van der Waals surface area (Å²) in [5.41, 5.74) is 0.